The average molecular weight is 492 g/mol. The van der Waals surface area contributed by atoms with Crippen molar-refractivity contribution in [2.75, 3.05) is 42.9 Å². The molecule has 1 aliphatic heterocycles. The number of benzene rings is 2. The van der Waals surface area contributed by atoms with Crippen LogP contribution in [0.15, 0.2) is 48.5 Å². The van der Waals surface area contributed by atoms with Gasteiger partial charge in [0.2, 0.25) is 5.91 Å². The average Bonchev–Trinajstić information content (AvgIpc) is 3.22. The third-order valence-electron chi connectivity index (χ3n) is 6.90. The van der Waals surface area contributed by atoms with Crippen molar-refractivity contribution in [1.82, 2.24) is 4.90 Å². The standard InChI is InChI=1S/C28H30FN3O2S/c1-19-10-12-20(13-11-19)27(34)26-21-6-2-5-9-24(21)35-28(26)30-25(33)18-31-14-16-32(17-15-31)23-8-4-3-7-22(23)29/h3-4,7-8,10-13H,2,5-6,9,14-18H2,1H3,(H,30,33). The molecule has 1 saturated heterocycles. The van der Waals surface area contributed by atoms with Crippen LogP contribution >= 0.6 is 11.3 Å². The molecule has 1 N–H and O–H groups in total. The zero-order chi connectivity index (χ0) is 24.4. The summed E-state index contributed by atoms with van der Waals surface area (Å²) in [6, 6.07) is 14.4. The van der Waals surface area contributed by atoms with Crippen molar-refractivity contribution in [3.63, 3.8) is 0 Å². The minimum absolute atomic E-state index is 0.0156. The number of hydrogen-bond acceptors (Lipinski definition) is 5. The molecule has 2 aromatic carbocycles. The Morgan fingerprint density at radius 3 is 2.43 bits per heavy atom. The first kappa shape index (κ1) is 23.7. The van der Waals surface area contributed by atoms with E-state index in [1.165, 1.54) is 10.9 Å². The second-order valence-electron chi connectivity index (χ2n) is 9.37. The van der Waals surface area contributed by atoms with Gasteiger partial charge in [0.05, 0.1) is 17.8 Å². The maximum atomic E-state index is 14.1. The van der Waals surface area contributed by atoms with Crippen LogP contribution in [0.5, 0.6) is 0 Å². The number of thiophene rings is 1. The van der Waals surface area contributed by atoms with E-state index in [1.807, 2.05) is 42.2 Å². The number of rotatable bonds is 6. The number of amides is 1. The molecule has 182 valence electrons. The highest BCUT2D eigenvalue weighted by molar-refractivity contribution is 7.17. The highest BCUT2D eigenvalue weighted by Gasteiger charge is 2.28. The molecule has 0 saturated carbocycles. The molecule has 1 amide bonds. The van der Waals surface area contributed by atoms with Gasteiger partial charge < -0.3 is 10.2 Å². The fourth-order valence-electron chi connectivity index (χ4n) is 4.97. The van der Waals surface area contributed by atoms with E-state index in [-0.39, 0.29) is 24.1 Å². The maximum Gasteiger partial charge on any atom is 0.239 e. The molecule has 2 aliphatic rings. The van der Waals surface area contributed by atoms with E-state index in [0.29, 0.717) is 48.0 Å². The van der Waals surface area contributed by atoms with Crippen LogP contribution in [0.3, 0.4) is 0 Å². The molecule has 0 radical (unpaired) electrons. The quantitative estimate of drug-likeness (QED) is 0.490. The second kappa shape index (κ2) is 10.3. The van der Waals surface area contributed by atoms with Crippen LogP contribution in [0, 0.1) is 12.7 Å². The molecule has 1 aromatic heterocycles. The Bertz CT molecular complexity index is 1230. The third kappa shape index (κ3) is 5.16. The summed E-state index contributed by atoms with van der Waals surface area (Å²) in [5, 5.41) is 3.75. The summed E-state index contributed by atoms with van der Waals surface area (Å²) in [5.41, 5.74) is 4.16. The van der Waals surface area contributed by atoms with E-state index >= 15 is 0 Å². The van der Waals surface area contributed by atoms with Crippen LogP contribution in [-0.2, 0) is 17.6 Å². The van der Waals surface area contributed by atoms with Crippen molar-refractivity contribution in [2.45, 2.75) is 32.6 Å². The maximum absolute atomic E-state index is 14.1. The first-order chi connectivity index (χ1) is 17.0. The van der Waals surface area contributed by atoms with Gasteiger partial charge >= 0.3 is 0 Å². The summed E-state index contributed by atoms with van der Waals surface area (Å²) in [5.74, 6) is -0.342. The van der Waals surface area contributed by atoms with Gasteiger partial charge in [-0.15, -0.1) is 11.3 Å². The van der Waals surface area contributed by atoms with Gasteiger partial charge in [-0.25, -0.2) is 4.39 Å². The SMILES string of the molecule is Cc1ccc(C(=O)c2c(NC(=O)CN3CCN(c4ccccc4F)CC3)sc3c2CCCC3)cc1. The van der Waals surface area contributed by atoms with E-state index in [0.717, 1.165) is 36.8 Å². The molecule has 0 spiro atoms. The van der Waals surface area contributed by atoms with Crippen LogP contribution in [0.2, 0.25) is 0 Å². The Labute approximate surface area is 209 Å². The van der Waals surface area contributed by atoms with Crippen LogP contribution in [-0.4, -0.2) is 49.3 Å². The number of fused-ring (bicyclic) bond motifs is 1. The summed E-state index contributed by atoms with van der Waals surface area (Å²) in [4.78, 5) is 31.8. The van der Waals surface area contributed by atoms with Gasteiger partial charge in [0.15, 0.2) is 5.78 Å². The molecule has 1 aliphatic carbocycles. The summed E-state index contributed by atoms with van der Waals surface area (Å²) >= 11 is 1.56. The minimum atomic E-state index is -0.217. The van der Waals surface area contributed by atoms with E-state index in [4.69, 9.17) is 0 Å². The first-order valence-corrected chi connectivity index (χ1v) is 13.1. The van der Waals surface area contributed by atoms with Crippen molar-refractivity contribution in [1.29, 1.82) is 0 Å². The smallest absolute Gasteiger partial charge is 0.239 e. The van der Waals surface area contributed by atoms with E-state index in [1.54, 1.807) is 23.5 Å². The molecule has 0 bridgehead atoms. The number of aryl methyl sites for hydroxylation is 2. The molecular weight excluding hydrogens is 461 g/mol. The van der Waals surface area contributed by atoms with Crippen LogP contribution in [0.25, 0.3) is 0 Å². The molecule has 2 heterocycles. The molecule has 1 fully saturated rings. The molecule has 0 atom stereocenters. The Balaban J connectivity index is 1.27. The zero-order valence-corrected chi connectivity index (χ0v) is 20.8. The molecule has 0 unspecified atom stereocenters. The Hall–Kier alpha value is -3.03. The van der Waals surface area contributed by atoms with E-state index in [9.17, 15) is 14.0 Å². The molecule has 5 rings (SSSR count). The predicted molar refractivity (Wildman–Crippen MR) is 139 cm³/mol. The number of nitrogens with zero attached hydrogens (tertiary/aromatic N) is 2. The summed E-state index contributed by atoms with van der Waals surface area (Å²) in [7, 11) is 0. The predicted octanol–water partition coefficient (Wildman–Crippen LogP) is 5.07. The lowest BCUT2D eigenvalue weighted by Crippen LogP contribution is -2.48. The Morgan fingerprint density at radius 2 is 1.69 bits per heavy atom. The van der Waals surface area contributed by atoms with Gasteiger partial charge in [-0.1, -0.05) is 42.0 Å². The number of carbonyl (C=O) groups excluding carboxylic acids is 2. The number of halogens is 1. The number of anilines is 2. The largest absolute Gasteiger partial charge is 0.367 e. The lowest BCUT2D eigenvalue weighted by molar-refractivity contribution is -0.117. The van der Waals surface area contributed by atoms with Crippen molar-refractivity contribution < 1.29 is 14.0 Å². The van der Waals surface area contributed by atoms with Gasteiger partial charge in [-0.05, 0) is 50.3 Å². The van der Waals surface area contributed by atoms with Crippen LogP contribution < -0.4 is 10.2 Å². The number of hydrogen-bond donors (Lipinski definition) is 1. The van der Waals surface area contributed by atoms with Crippen molar-refractivity contribution >= 4 is 33.7 Å². The highest BCUT2D eigenvalue weighted by atomic mass is 32.1. The first-order valence-electron chi connectivity index (χ1n) is 12.3. The Kier molecular flexibility index (Phi) is 6.97. The topological polar surface area (TPSA) is 52.7 Å². The van der Waals surface area contributed by atoms with Gasteiger partial charge in [-0.2, -0.15) is 0 Å². The van der Waals surface area contributed by atoms with E-state index in [2.05, 4.69) is 10.2 Å². The molecule has 5 nitrogen and oxygen atoms in total. The summed E-state index contributed by atoms with van der Waals surface area (Å²) in [6.45, 7) is 4.95. The van der Waals surface area contributed by atoms with Crippen molar-refractivity contribution in [2.24, 2.45) is 0 Å². The van der Waals surface area contributed by atoms with Crippen molar-refractivity contribution in [3.05, 3.63) is 81.5 Å². The molecule has 3 aromatic rings. The molecule has 7 heteroatoms. The summed E-state index contributed by atoms with van der Waals surface area (Å²) in [6.07, 6.45) is 4.03. The highest BCUT2D eigenvalue weighted by Crippen LogP contribution is 2.39. The lowest BCUT2D eigenvalue weighted by Gasteiger charge is -2.35. The normalized spacial score (nSPS) is 16.1. The second-order valence-corrected chi connectivity index (χ2v) is 10.5. The third-order valence-corrected chi connectivity index (χ3v) is 8.10. The van der Waals surface area contributed by atoms with Crippen molar-refractivity contribution in [3.8, 4) is 0 Å². The van der Waals surface area contributed by atoms with Gasteiger partial charge in [0.1, 0.15) is 10.8 Å². The number of para-hydroxylation sites is 1. The number of piperazine rings is 1. The Morgan fingerprint density at radius 1 is 0.971 bits per heavy atom. The zero-order valence-electron chi connectivity index (χ0n) is 20.0. The lowest BCUT2D eigenvalue weighted by atomic mass is 9.91. The minimum Gasteiger partial charge on any atom is -0.367 e. The summed E-state index contributed by atoms with van der Waals surface area (Å²) < 4.78 is 14.1. The monoisotopic (exact) mass is 491 g/mol. The molecular formula is C28H30FN3O2S. The van der Waals surface area contributed by atoms with Crippen LogP contribution in [0.1, 0.15) is 44.8 Å². The van der Waals surface area contributed by atoms with Gasteiger partial charge in [0.25, 0.3) is 0 Å². The number of carbonyl (C=O) groups is 2. The van der Waals surface area contributed by atoms with Crippen LogP contribution in [0.4, 0.5) is 15.1 Å². The van der Waals surface area contributed by atoms with Gasteiger partial charge in [0, 0.05) is 36.6 Å². The number of nitrogens with one attached hydrogen (secondary N) is 1. The van der Waals surface area contributed by atoms with E-state index < -0.39 is 0 Å². The molecule has 35 heavy (non-hydrogen) atoms. The fourth-order valence-corrected chi connectivity index (χ4v) is 6.27. The van der Waals surface area contributed by atoms with Gasteiger partial charge in [-0.3, -0.25) is 14.5 Å². The number of ketones is 1. The fraction of sp³-hybridized carbons (Fsp3) is 0.357.